The molecule has 1 aromatic heterocycles. The second kappa shape index (κ2) is 8.62. The molecular formula is C45H26O. The maximum atomic E-state index is 6.41. The molecule has 8 aromatic carbocycles. The van der Waals surface area contributed by atoms with Crippen molar-refractivity contribution in [2.75, 3.05) is 0 Å². The molecule has 1 nitrogen and oxygen atoms in total. The van der Waals surface area contributed by atoms with Crippen LogP contribution in [0.25, 0.3) is 76.9 Å². The van der Waals surface area contributed by atoms with Crippen molar-refractivity contribution in [1.29, 1.82) is 0 Å². The minimum Gasteiger partial charge on any atom is -0.456 e. The molecule has 0 radical (unpaired) electrons. The van der Waals surface area contributed by atoms with E-state index in [0.717, 1.165) is 21.9 Å². The van der Waals surface area contributed by atoms with Gasteiger partial charge in [0, 0.05) is 10.8 Å². The molecule has 1 heterocycles. The van der Waals surface area contributed by atoms with Gasteiger partial charge in [0.2, 0.25) is 0 Å². The van der Waals surface area contributed by atoms with Gasteiger partial charge in [-0.25, -0.2) is 0 Å². The number of rotatable bonds is 1. The number of fused-ring (bicyclic) bond motifs is 16. The molecule has 2 aliphatic rings. The van der Waals surface area contributed by atoms with Gasteiger partial charge >= 0.3 is 0 Å². The van der Waals surface area contributed by atoms with Crippen LogP contribution in [-0.4, -0.2) is 0 Å². The third-order valence-corrected chi connectivity index (χ3v) is 10.6. The summed E-state index contributed by atoms with van der Waals surface area (Å²) < 4.78 is 6.41. The van der Waals surface area contributed by atoms with E-state index in [1.54, 1.807) is 0 Å². The van der Waals surface area contributed by atoms with Crippen LogP contribution in [0.3, 0.4) is 0 Å². The van der Waals surface area contributed by atoms with E-state index in [1.807, 2.05) is 0 Å². The van der Waals surface area contributed by atoms with Crippen LogP contribution >= 0.6 is 0 Å². The average Bonchev–Trinajstić information content (AvgIpc) is 3.73. The molecule has 0 amide bonds. The minimum absolute atomic E-state index is 0.386. The standard InChI is InChI=1S/C45H26O/c1-2-12-28-25-43-37(23-27(28)11-1)36-24-29(21-22-42(36)46-43)35-26-41-44(33-16-4-3-13-30(33)35)34-17-7-10-20-40(34)45(41)38-18-8-5-14-31(38)32-15-6-9-19-39(32)45/h1-26H. The van der Waals surface area contributed by atoms with Crippen molar-refractivity contribution >= 4 is 43.5 Å². The summed E-state index contributed by atoms with van der Waals surface area (Å²) in [5.74, 6) is 0. The average molecular weight is 583 g/mol. The van der Waals surface area contributed by atoms with Crippen molar-refractivity contribution in [3.8, 4) is 33.4 Å². The summed E-state index contributed by atoms with van der Waals surface area (Å²) in [5, 5.41) is 7.29. The Hall–Kier alpha value is -5.92. The SMILES string of the molecule is c1ccc2c(c1)-c1ccccc1C21c2ccccc2-c2c1cc(-c1ccc3oc4cc5ccccc5cc4c3c1)c1ccccc21. The van der Waals surface area contributed by atoms with Gasteiger partial charge in [-0.3, -0.25) is 0 Å². The smallest absolute Gasteiger partial charge is 0.136 e. The van der Waals surface area contributed by atoms with E-state index in [1.165, 1.54) is 77.2 Å². The third-order valence-electron chi connectivity index (χ3n) is 10.6. The molecule has 0 N–H and O–H groups in total. The Bertz CT molecular complexity index is 2710. The van der Waals surface area contributed by atoms with Crippen LogP contribution in [0.2, 0.25) is 0 Å². The van der Waals surface area contributed by atoms with Crippen molar-refractivity contribution < 1.29 is 4.42 Å². The van der Waals surface area contributed by atoms with Crippen molar-refractivity contribution in [3.63, 3.8) is 0 Å². The summed E-state index contributed by atoms with van der Waals surface area (Å²) in [6, 6.07) is 58.3. The summed E-state index contributed by atoms with van der Waals surface area (Å²) in [6.45, 7) is 0. The maximum Gasteiger partial charge on any atom is 0.136 e. The molecule has 0 saturated carbocycles. The number of hydrogen-bond donors (Lipinski definition) is 0. The number of benzene rings is 8. The molecule has 0 saturated heterocycles. The van der Waals surface area contributed by atoms with Gasteiger partial charge in [-0.05, 0) is 108 Å². The zero-order valence-corrected chi connectivity index (χ0v) is 24.9. The summed E-state index contributed by atoms with van der Waals surface area (Å²) in [5.41, 5.74) is 14.7. The molecule has 9 aromatic rings. The summed E-state index contributed by atoms with van der Waals surface area (Å²) >= 11 is 0. The lowest BCUT2D eigenvalue weighted by molar-refractivity contribution is 0.669. The fourth-order valence-electron chi connectivity index (χ4n) is 8.82. The van der Waals surface area contributed by atoms with E-state index in [2.05, 4.69) is 158 Å². The van der Waals surface area contributed by atoms with E-state index >= 15 is 0 Å². The third kappa shape index (κ3) is 2.91. The second-order valence-corrected chi connectivity index (χ2v) is 12.8. The van der Waals surface area contributed by atoms with E-state index in [0.29, 0.717) is 0 Å². The molecule has 212 valence electrons. The molecule has 0 fully saturated rings. The van der Waals surface area contributed by atoms with Crippen molar-refractivity contribution in [2.45, 2.75) is 5.41 Å². The first-order valence-electron chi connectivity index (χ1n) is 16.0. The predicted octanol–water partition coefficient (Wildman–Crippen LogP) is 11.9. The first kappa shape index (κ1) is 24.4. The lowest BCUT2D eigenvalue weighted by Gasteiger charge is -2.31. The first-order valence-corrected chi connectivity index (χ1v) is 16.0. The highest BCUT2D eigenvalue weighted by atomic mass is 16.3. The zero-order chi connectivity index (χ0) is 30.0. The van der Waals surface area contributed by atoms with Crippen molar-refractivity contribution in [2.24, 2.45) is 0 Å². The molecule has 46 heavy (non-hydrogen) atoms. The molecule has 11 rings (SSSR count). The Morgan fingerprint density at radius 2 is 0.913 bits per heavy atom. The molecule has 0 aliphatic heterocycles. The highest BCUT2D eigenvalue weighted by Crippen LogP contribution is 2.64. The number of furan rings is 1. The second-order valence-electron chi connectivity index (χ2n) is 12.8. The molecule has 1 heteroatoms. The van der Waals surface area contributed by atoms with Crippen LogP contribution in [0.1, 0.15) is 22.3 Å². The Kier molecular flexibility index (Phi) is 4.57. The highest BCUT2D eigenvalue weighted by molar-refractivity contribution is 6.14. The Labute approximate surface area is 266 Å². The Morgan fingerprint density at radius 1 is 0.348 bits per heavy atom. The van der Waals surface area contributed by atoms with Crippen molar-refractivity contribution in [1.82, 2.24) is 0 Å². The fraction of sp³-hybridized carbons (Fsp3) is 0.0222. The molecule has 0 atom stereocenters. The quantitative estimate of drug-likeness (QED) is 0.188. The van der Waals surface area contributed by atoms with Crippen LogP contribution in [0.5, 0.6) is 0 Å². The normalized spacial score (nSPS) is 13.8. The van der Waals surface area contributed by atoms with E-state index in [4.69, 9.17) is 4.42 Å². The maximum absolute atomic E-state index is 6.41. The van der Waals surface area contributed by atoms with Gasteiger partial charge in [0.25, 0.3) is 0 Å². The van der Waals surface area contributed by atoms with Gasteiger partial charge in [0.15, 0.2) is 0 Å². The van der Waals surface area contributed by atoms with Crippen LogP contribution in [0.4, 0.5) is 0 Å². The van der Waals surface area contributed by atoms with Gasteiger partial charge in [-0.2, -0.15) is 0 Å². The van der Waals surface area contributed by atoms with Crippen LogP contribution in [0.15, 0.2) is 162 Å². The predicted molar refractivity (Wildman–Crippen MR) is 190 cm³/mol. The van der Waals surface area contributed by atoms with Gasteiger partial charge < -0.3 is 4.42 Å². The Morgan fingerprint density at radius 3 is 1.65 bits per heavy atom. The van der Waals surface area contributed by atoms with E-state index in [9.17, 15) is 0 Å². The van der Waals surface area contributed by atoms with Gasteiger partial charge in [0.05, 0.1) is 5.41 Å². The number of hydrogen-bond acceptors (Lipinski definition) is 1. The zero-order valence-electron chi connectivity index (χ0n) is 24.9. The first-order chi connectivity index (χ1) is 22.8. The van der Waals surface area contributed by atoms with Crippen LogP contribution in [-0.2, 0) is 5.41 Å². The van der Waals surface area contributed by atoms with E-state index < -0.39 is 0 Å². The van der Waals surface area contributed by atoms with Gasteiger partial charge in [-0.1, -0.05) is 127 Å². The minimum atomic E-state index is -0.386. The topological polar surface area (TPSA) is 13.1 Å². The van der Waals surface area contributed by atoms with Gasteiger partial charge in [-0.15, -0.1) is 0 Å². The summed E-state index contributed by atoms with van der Waals surface area (Å²) in [7, 11) is 0. The highest BCUT2D eigenvalue weighted by Gasteiger charge is 2.52. The molecule has 2 aliphatic carbocycles. The molecular weight excluding hydrogens is 556 g/mol. The fourth-order valence-corrected chi connectivity index (χ4v) is 8.82. The summed E-state index contributed by atoms with van der Waals surface area (Å²) in [6.07, 6.45) is 0. The molecule has 0 bridgehead atoms. The molecule has 0 unspecified atom stereocenters. The summed E-state index contributed by atoms with van der Waals surface area (Å²) in [4.78, 5) is 0. The van der Waals surface area contributed by atoms with Crippen LogP contribution < -0.4 is 0 Å². The van der Waals surface area contributed by atoms with Gasteiger partial charge in [0.1, 0.15) is 11.2 Å². The van der Waals surface area contributed by atoms with Crippen LogP contribution in [0, 0.1) is 0 Å². The van der Waals surface area contributed by atoms with Crippen molar-refractivity contribution in [3.05, 3.63) is 180 Å². The lowest BCUT2D eigenvalue weighted by Crippen LogP contribution is -2.25. The lowest BCUT2D eigenvalue weighted by atomic mass is 9.70. The molecule has 1 spiro atoms. The van der Waals surface area contributed by atoms with E-state index in [-0.39, 0.29) is 5.41 Å². The Balaban J connectivity index is 1.26. The monoisotopic (exact) mass is 582 g/mol. The largest absolute Gasteiger partial charge is 0.456 e.